The van der Waals surface area contributed by atoms with E-state index in [0.717, 1.165) is 0 Å². The molecule has 0 aromatic rings. The number of ether oxygens (including phenoxy) is 1. The van der Waals surface area contributed by atoms with Crippen molar-refractivity contribution in [2.45, 2.75) is 36.9 Å². The standard InChI is InChI=1S/C9H16NO4.5Ac/c1-2-3-5-7(10)9(13)8(12)6(4-11)14-5;;;;;/h2,5-13H,1,3-4H2;;;;;/q-1;;;;;/t5-,6?,7?,8?,9?;;;;;/m1...../s1. The summed E-state index contributed by atoms with van der Waals surface area (Å²) < 4.78 is 5.25. The second-order valence-corrected chi connectivity index (χ2v) is 3.43. The van der Waals surface area contributed by atoms with E-state index >= 15 is 0 Å². The van der Waals surface area contributed by atoms with E-state index in [4.69, 9.17) is 15.6 Å². The van der Waals surface area contributed by atoms with Crippen molar-refractivity contribution < 1.29 is 240 Å². The van der Waals surface area contributed by atoms with Crippen molar-refractivity contribution in [2.24, 2.45) is 0 Å². The first-order valence-corrected chi connectivity index (χ1v) is 4.56. The molecule has 5 nitrogen and oxygen atoms in total. The zero-order chi connectivity index (χ0) is 10.7. The third-order valence-corrected chi connectivity index (χ3v) is 2.43. The molecule has 1 saturated heterocycles. The summed E-state index contributed by atoms with van der Waals surface area (Å²) in [5, 5.41) is 27.8. The number of aliphatic hydroxyl groups is 3. The maximum atomic E-state index is 9.48. The van der Waals surface area contributed by atoms with Gasteiger partial charge in [-0.1, -0.05) is 12.1 Å². The average molecular weight is 1340 g/mol. The Morgan fingerprint density at radius 1 is 1.00 bits per heavy atom. The molecule has 0 aliphatic carbocycles. The first-order chi connectivity index (χ1) is 6.61. The van der Waals surface area contributed by atoms with Gasteiger partial charge < -0.3 is 25.8 Å². The zero-order valence-electron chi connectivity index (χ0n) is 10.7. The van der Waals surface area contributed by atoms with Gasteiger partial charge in [-0.2, -0.15) is 0 Å². The second-order valence-electron chi connectivity index (χ2n) is 3.43. The van der Waals surface area contributed by atoms with E-state index in [1.807, 2.05) is 0 Å². The normalized spacial score (nSPS) is 32.1. The molecule has 1 rings (SSSR count). The van der Waals surface area contributed by atoms with Gasteiger partial charge in [-0.3, -0.25) is 0 Å². The van der Waals surface area contributed by atoms with Crippen LogP contribution in [0.25, 0.3) is 5.73 Å². The Morgan fingerprint density at radius 3 is 1.84 bits per heavy atom. The summed E-state index contributed by atoms with van der Waals surface area (Å²) in [5.74, 6) is 0. The Hall–Kier alpha value is 6.75. The Balaban J connectivity index is -0.000000131. The molecule has 19 heavy (non-hydrogen) atoms. The van der Waals surface area contributed by atoms with Crippen molar-refractivity contribution in [1.82, 2.24) is 0 Å². The Kier molecular flexibility index (Phi) is 40.6. The van der Waals surface area contributed by atoms with E-state index in [2.05, 4.69) is 6.58 Å². The van der Waals surface area contributed by atoms with Crippen LogP contribution in [0.2, 0.25) is 0 Å². The summed E-state index contributed by atoms with van der Waals surface area (Å²) >= 11 is 0. The molecule has 4 N–H and O–H groups in total. The number of rotatable bonds is 3. The molecular formula is C9H16Ac5NO4-. The Labute approximate surface area is 293 Å². The molecule has 1 heterocycles. The summed E-state index contributed by atoms with van der Waals surface area (Å²) in [4.78, 5) is 0. The maximum Gasteiger partial charge on any atom is 0.109 e. The third kappa shape index (κ3) is 12.7. The second kappa shape index (κ2) is 21.1. The summed E-state index contributed by atoms with van der Waals surface area (Å²) in [6.45, 7) is 3.15. The molecule has 5 radical (unpaired) electrons. The molecule has 0 amide bonds. The smallest absolute Gasteiger partial charge is 0.109 e. The first-order valence-electron chi connectivity index (χ1n) is 4.56. The monoisotopic (exact) mass is 1340 g/mol. The predicted octanol–water partition coefficient (Wildman–Crippen LogP) is -0.535. The number of nitrogens with one attached hydrogen (secondary N) is 1. The van der Waals surface area contributed by atoms with Gasteiger partial charge in [0.1, 0.15) is 12.2 Å². The van der Waals surface area contributed by atoms with Crippen molar-refractivity contribution in [3.63, 3.8) is 0 Å². The van der Waals surface area contributed by atoms with Gasteiger partial charge in [-0.05, 0) is 6.42 Å². The molecule has 10 heteroatoms. The van der Waals surface area contributed by atoms with Crippen molar-refractivity contribution in [1.29, 1.82) is 0 Å². The Morgan fingerprint density at radius 2 is 1.47 bits per heavy atom. The van der Waals surface area contributed by atoms with Gasteiger partial charge in [-0.25, -0.2) is 0 Å². The summed E-state index contributed by atoms with van der Waals surface area (Å²) in [6.07, 6.45) is -1.67. The Bertz CT molecular complexity index is 213. The van der Waals surface area contributed by atoms with E-state index in [9.17, 15) is 10.2 Å². The van der Waals surface area contributed by atoms with E-state index in [1.54, 1.807) is 6.08 Å². The van der Waals surface area contributed by atoms with Gasteiger partial charge in [0.15, 0.2) is 0 Å². The van der Waals surface area contributed by atoms with Gasteiger partial charge in [0.05, 0.1) is 12.7 Å². The fourth-order valence-electron chi connectivity index (χ4n) is 1.56. The van der Waals surface area contributed by atoms with E-state index in [-0.39, 0.29) is 227 Å². The summed E-state index contributed by atoms with van der Waals surface area (Å²) in [7, 11) is 0. The molecule has 0 aromatic heterocycles. The summed E-state index contributed by atoms with van der Waals surface area (Å²) in [5.41, 5.74) is 7.57. The fourth-order valence-corrected chi connectivity index (χ4v) is 1.56. The zero-order valence-corrected chi connectivity index (χ0v) is 34.4. The quantitative estimate of drug-likeness (QED) is 0.332. The van der Waals surface area contributed by atoms with E-state index in [0.29, 0.717) is 6.42 Å². The van der Waals surface area contributed by atoms with Gasteiger partial charge >= 0.3 is 0 Å². The molecule has 4 unspecified atom stereocenters. The number of hydrogen-bond donors (Lipinski definition) is 3. The minimum absolute atomic E-state index is 0. The van der Waals surface area contributed by atoms with Crippen molar-refractivity contribution in [3.8, 4) is 0 Å². The minimum Gasteiger partial charge on any atom is -0.670 e. The average Bonchev–Trinajstić information content (AvgIpc) is 2.19. The van der Waals surface area contributed by atoms with E-state index in [1.165, 1.54) is 0 Å². The first kappa shape index (κ1) is 36.6. The molecule has 97 valence electrons. The summed E-state index contributed by atoms with van der Waals surface area (Å²) in [6, 6.07) is -0.897. The van der Waals surface area contributed by atoms with Crippen LogP contribution in [0, 0.1) is 220 Å². The molecule has 1 fully saturated rings. The largest absolute Gasteiger partial charge is 0.670 e. The fraction of sp³-hybridized carbons (Fsp3) is 0.778. The van der Waals surface area contributed by atoms with Gasteiger partial charge in [0, 0.05) is 226 Å². The van der Waals surface area contributed by atoms with Crippen molar-refractivity contribution in [3.05, 3.63) is 18.4 Å². The van der Waals surface area contributed by atoms with Gasteiger partial charge in [0.25, 0.3) is 0 Å². The SMILES string of the molecule is C=CC[C@H]1OC(CO)C(O)C(O)C1[NH-].[Ac].[Ac].[Ac].[Ac].[Ac]. The number of hydrogen-bond acceptors (Lipinski definition) is 4. The molecule has 0 saturated carbocycles. The van der Waals surface area contributed by atoms with Gasteiger partial charge in [-0.15, -0.1) is 6.58 Å². The molecule has 0 bridgehead atoms. The van der Waals surface area contributed by atoms with Crippen LogP contribution in [0.1, 0.15) is 6.42 Å². The molecule has 0 spiro atoms. The molecule has 1 aliphatic heterocycles. The number of aliphatic hydroxyl groups excluding tert-OH is 3. The van der Waals surface area contributed by atoms with Crippen LogP contribution < -0.4 is 0 Å². The van der Waals surface area contributed by atoms with Crippen molar-refractivity contribution >= 4 is 0 Å². The minimum atomic E-state index is -1.19. The molecular weight excluding hydrogens is 1320 g/mol. The van der Waals surface area contributed by atoms with Crippen LogP contribution in [-0.2, 0) is 4.74 Å². The third-order valence-electron chi connectivity index (χ3n) is 2.43. The van der Waals surface area contributed by atoms with E-state index < -0.39 is 30.5 Å². The molecule has 0 aromatic carbocycles. The van der Waals surface area contributed by atoms with Crippen LogP contribution in [0.5, 0.6) is 0 Å². The maximum absolute atomic E-state index is 9.48. The van der Waals surface area contributed by atoms with Crippen LogP contribution in [0.4, 0.5) is 0 Å². The van der Waals surface area contributed by atoms with Crippen LogP contribution in [0.15, 0.2) is 12.7 Å². The van der Waals surface area contributed by atoms with Crippen LogP contribution >= 0.6 is 0 Å². The van der Waals surface area contributed by atoms with Gasteiger partial charge in [0.2, 0.25) is 0 Å². The molecule has 5 atom stereocenters. The topological polar surface area (TPSA) is 93.7 Å². The molecule has 1 aliphatic rings. The predicted molar refractivity (Wildman–Crippen MR) is 50.7 cm³/mol. The van der Waals surface area contributed by atoms with Crippen LogP contribution in [-0.4, -0.2) is 52.4 Å². The van der Waals surface area contributed by atoms with Crippen molar-refractivity contribution in [2.75, 3.05) is 6.61 Å². The van der Waals surface area contributed by atoms with Crippen LogP contribution in [0.3, 0.4) is 0 Å².